The number of amides is 1. The molecule has 0 bridgehead atoms. The summed E-state index contributed by atoms with van der Waals surface area (Å²) in [7, 11) is 1.32. The first-order valence-corrected chi connectivity index (χ1v) is 11.3. The van der Waals surface area contributed by atoms with Gasteiger partial charge in [0.2, 0.25) is 11.1 Å². The minimum Gasteiger partial charge on any atom is -0.469 e. The van der Waals surface area contributed by atoms with E-state index in [-0.39, 0.29) is 18.7 Å². The molecule has 0 fully saturated rings. The van der Waals surface area contributed by atoms with Gasteiger partial charge < -0.3 is 10.1 Å². The van der Waals surface area contributed by atoms with Crippen LogP contribution < -0.4 is 5.32 Å². The summed E-state index contributed by atoms with van der Waals surface area (Å²) in [4.78, 5) is 33.5. The Labute approximate surface area is 189 Å². The van der Waals surface area contributed by atoms with Crippen LogP contribution in [-0.2, 0) is 20.7 Å². The van der Waals surface area contributed by atoms with Crippen molar-refractivity contribution in [2.45, 2.75) is 44.3 Å². The van der Waals surface area contributed by atoms with Crippen LogP contribution in [0.15, 0.2) is 29.4 Å². The highest BCUT2D eigenvalue weighted by Gasteiger charge is 2.20. The van der Waals surface area contributed by atoms with Crippen LogP contribution in [0.2, 0.25) is 5.02 Å². The average Bonchev–Trinajstić information content (AvgIpc) is 3.16. The molecule has 0 saturated carbocycles. The van der Waals surface area contributed by atoms with Gasteiger partial charge >= 0.3 is 5.97 Å². The van der Waals surface area contributed by atoms with Crippen LogP contribution >= 0.6 is 23.4 Å². The van der Waals surface area contributed by atoms with Gasteiger partial charge in [-0.15, -0.1) is 5.10 Å². The van der Waals surface area contributed by atoms with E-state index in [1.54, 1.807) is 28.8 Å². The number of hydrogen-bond donors (Lipinski definition) is 1. The van der Waals surface area contributed by atoms with Crippen molar-refractivity contribution in [3.8, 4) is 0 Å². The predicted molar refractivity (Wildman–Crippen MR) is 119 cm³/mol. The Morgan fingerprint density at radius 3 is 2.58 bits per heavy atom. The zero-order chi connectivity index (χ0) is 22.5. The molecule has 10 heteroatoms. The Kier molecular flexibility index (Phi) is 7.50. The van der Waals surface area contributed by atoms with Crippen molar-refractivity contribution in [2.75, 3.05) is 13.4 Å². The molecule has 31 heavy (non-hydrogen) atoms. The Balaban J connectivity index is 1.74. The van der Waals surface area contributed by atoms with E-state index in [0.717, 1.165) is 22.5 Å². The van der Waals surface area contributed by atoms with E-state index < -0.39 is 12.0 Å². The highest BCUT2D eigenvalue weighted by Crippen LogP contribution is 2.21. The maximum absolute atomic E-state index is 12.7. The van der Waals surface area contributed by atoms with E-state index in [1.807, 2.05) is 20.1 Å². The zero-order valence-corrected chi connectivity index (χ0v) is 19.4. The van der Waals surface area contributed by atoms with Gasteiger partial charge in [0, 0.05) is 22.8 Å². The third-order valence-corrected chi connectivity index (χ3v) is 5.81. The Morgan fingerprint density at radius 1 is 1.23 bits per heavy atom. The first-order chi connectivity index (χ1) is 14.8. The van der Waals surface area contributed by atoms with E-state index in [9.17, 15) is 9.59 Å². The van der Waals surface area contributed by atoms with Gasteiger partial charge in [0.1, 0.15) is 0 Å². The summed E-state index contributed by atoms with van der Waals surface area (Å²) in [6.07, 6.45) is 2.68. The highest BCUT2D eigenvalue weighted by molar-refractivity contribution is 7.98. The van der Waals surface area contributed by atoms with Crippen LogP contribution in [0.3, 0.4) is 0 Å². The SMILES string of the molecule is COC(=O)CC(NC(=O)CCc1c(C)nc2nc(SC)nn2c1C)c1ccc(Cl)cc1. The fraction of sp³-hybridized carbons (Fsp3) is 0.381. The lowest BCUT2D eigenvalue weighted by molar-refractivity contribution is -0.141. The lowest BCUT2D eigenvalue weighted by atomic mass is 10.0. The van der Waals surface area contributed by atoms with Gasteiger partial charge in [-0.1, -0.05) is 35.5 Å². The summed E-state index contributed by atoms with van der Waals surface area (Å²) in [5, 5.41) is 8.61. The number of aromatic nitrogens is 4. The standard InChI is InChI=1S/C21H24ClN5O3S/c1-12-16(13(2)27-20(23-12)25-21(26-27)31-4)9-10-18(28)24-17(11-19(29)30-3)14-5-7-15(22)8-6-14/h5-8,17H,9-11H2,1-4H3,(H,24,28). The summed E-state index contributed by atoms with van der Waals surface area (Å²) in [6.45, 7) is 3.85. The second-order valence-electron chi connectivity index (χ2n) is 7.02. The monoisotopic (exact) mass is 461 g/mol. The number of rotatable bonds is 8. The number of thioether (sulfide) groups is 1. The number of aryl methyl sites for hydroxylation is 2. The lowest BCUT2D eigenvalue weighted by Gasteiger charge is -2.19. The predicted octanol–water partition coefficient (Wildman–Crippen LogP) is 3.47. The van der Waals surface area contributed by atoms with Crippen molar-refractivity contribution in [2.24, 2.45) is 0 Å². The molecule has 2 aromatic heterocycles. The number of fused-ring (bicyclic) bond motifs is 1. The first kappa shape index (κ1) is 23.0. The maximum Gasteiger partial charge on any atom is 0.307 e. The molecule has 0 radical (unpaired) electrons. The number of ether oxygens (including phenoxy) is 1. The summed E-state index contributed by atoms with van der Waals surface area (Å²) in [6, 6.07) is 6.52. The number of hydrogen-bond acceptors (Lipinski definition) is 7. The maximum atomic E-state index is 12.7. The molecule has 1 atom stereocenters. The Hall–Kier alpha value is -2.65. The van der Waals surface area contributed by atoms with E-state index in [1.165, 1.54) is 18.9 Å². The molecule has 1 amide bonds. The number of carbonyl (C=O) groups is 2. The molecular weight excluding hydrogens is 438 g/mol. The van der Waals surface area contributed by atoms with Gasteiger partial charge in [0.05, 0.1) is 19.6 Å². The molecule has 1 aromatic carbocycles. The Bertz CT molecular complexity index is 1100. The molecular formula is C21H24ClN5O3S. The fourth-order valence-corrected chi connectivity index (χ4v) is 3.80. The van der Waals surface area contributed by atoms with Crippen LogP contribution in [0.25, 0.3) is 5.78 Å². The molecule has 8 nitrogen and oxygen atoms in total. The zero-order valence-electron chi connectivity index (χ0n) is 17.8. The van der Waals surface area contributed by atoms with Crippen molar-refractivity contribution >= 4 is 41.0 Å². The van der Waals surface area contributed by atoms with Crippen molar-refractivity contribution in [1.82, 2.24) is 24.9 Å². The summed E-state index contributed by atoms with van der Waals surface area (Å²) < 4.78 is 6.49. The van der Waals surface area contributed by atoms with Gasteiger partial charge in [0.15, 0.2) is 0 Å². The fourth-order valence-electron chi connectivity index (χ4n) is 3.34. The third-order valence-electron chi connectivity index (χ3n) is 5.02. The number of benzene rings is 1. The number of nitrogens with one attached hydrogen (secondary N) is 1. The van der Waals surface area contributed by atoms with E-state index >= 15 is 0 Å². The summed E-state index contributed by atoms with van der Waals surface area (Å²) in [5.41, 5.74) is 3.47. The van der Waals surface area contributed by atoms with Gasteiger partial charge in [-0.25, -0.2) is 9.50 Å². The van der Waals surface area contributed by atoms with Gasteiger partial charge in [-0.05, 0) is 49.8 Å². The van der Waals surface area contributed by atoms with Crippen LogP contribution in [0, 0.1) is 13.8 Å². The Morgan fingerprint density at radius 2 is 1.94 bits per heavy atom. The molecule has 0 aliphatic carbocycles. The number of carbonyl (C=O) groups excluding carboxylic acids is 2. The largest absolute Gasteiger partial charge is 0.469 e. The first-order valence-electron chi connectivity index (χ1n) is 9.70. The van der Waals surface area contributed by atoms with Gasteiger partial charge in [-0.2, -0.15) is 4.98 Å². The van der Waals surface area contributed by atoms with Crippen molar-refractivity contribution in [3.63, 3.8) is 0 Å². The van der Waals surface area contributed by atoms with E-state index in [2.05, 4.69) is 20.4 Å². The van der Waals surface area contributed by atoms with Crippen LogP contribution in [-0.4, -0.2) is 44.8 Å². The third kappa shape index (κ3) is 5.54. The molecule has 2 heterocycles. The normalized spacial score (nSPS) is 12.0. The number of esters is 1. The molecule has 0 aliphatic heterocycles. The van der Waals surface area contributed by atoms with Gasteiger partial charge in [0.25, 0.3) is 5.78 Å². The van der Waals surface area contributed by atoms with Gasteiger partial charge in [-0.3, -0.25) is 9.59 Å². The van der Waals surface area contributed by atoms with E-state index in [0.29, 0.717) is 22.4 Å². The second kappa shape index (κ2) is 10.1. The molecule has 3 aromatic rings. The number of methoxy groups -OCH3 is 1. The lowest BCUT2D eigenvalue weighted by Crippen LogP contribution is -2.30. The molecule has 164 valence electrons. The summed E-state index contributed by atoms with van der Waals surface area (Å²) in [5.74, 6) is -0.0306. The van der Waals surface area contributed by atoms with Crippen molar-refractivity contribution in [1.29, 1.82) is 0 Å². The minimum absolute atomic E-state index is 0.0336. The highest BCUT2D eigenvalue weighted by atomic mass is 35.5. The smallest absolute Gasteiger partial charge is 0.307 e. The molecule has 1 unspecified atom stereocenters. The van der Waals surface area contributed by atoms with Crippen LogP contribution in [0.1, 0.15) is 41.4 Å². The van der Waals surface area contributed by atoms with Crippen molar-refractivity contribution < 1.29 is 14.3 Å². The molecule has 0 spiro atoms. The molecule has 1 N–H and O–H groups in total. The molecule has 0 aliphatic rings. The van der Waals surface area contributed by atoms with E-state index in [4.69, 9.17) is 16.3 Å². The average molecular weight is 462 g/mol. The quantitative estimate of drug-likeness (QED) is 0.405. The van der Waals surface area contributed by atoms with Crippen LogP contribution in [0.4, 0.5) is 0 Å². The molecule has 0 saturated heterocycles. The second-order valence-corrected chi connectivity index (χ2v) is 8.23. The van der Waals surface area contributed by atoms with Crippen molar-refractivity contribution in [3.05, 3.63) is 51.8 Å². The van der Waals surface area contributed by atoms with Crippen LogP contribution in [0.5, 0.6) is 0 Å². The minimum atomic E-state index is -0.500. The summed E-state index contributed by atoms with van der Waals surface area (Å²) >= 11 is 7.41. The topological polar surface area (TPSA) is 98.5 Å². The molecule has 3 rings (SSSR count). The number of nitrogens with zero attached hydrogens (tertiary/aromatic N) is 4. The number of halogens is 1.